The first-order valence-corrected chi connectivity index (χ1v) is 8.51. The summed E-state index contributed by atoms with van der Waals surface area (Å²) in [5, 5.41) is 3.76. The zero-order chi connectivity index (χ0) is 13.2. The Labute approximate surface area is 127 Å². The predicted molar refractivity (Wildman–Crippen MR) is 87.1 cm³/mol. The van der Waals surface area contributed by atoms with Gasteiger partial charge in [-0.25, -0.2) is 0 Å². The number of para-hydroxylation sites is 1. The van der Waals surface area contributed by atoms with Crippen LogP contribution >= 0.6 is 27.3 Å². The maximum absolute atomic E-state index is 3.76. The van der Waals surface area contributed by atoms with Crippen LogP contribution in [-0.4, -0.2) is 0 Å². The number of thiophene rings is 1. The Morgan fingerprint density at radius 2 is 2.21 bits per heavy atom. The molecule has 0 radical (unpaired) electrons. The number of nitrogens with one attached hydrogen (secondary N) is 1. The zero-order valence-corrected chi connectivity index (χ0v) is 13.5. The second-order valence-electron chi connectivity index (χ2n) is 5.03. The fourth-order valence-corrected chi connectivity index (χ4v) is 4.65. The van der Waals surface area contributed by atoms with Crippen molar-refractivity contribution in [3.05, 3.63) is 50.1 Å². The molecule has 1 nitrogen and oxygen atoms in total. The molecule has 1 aromatic heterocycles. The van der Waals surface area contributed by atoms with Gasteiger partial charge >= 0.3 is 0 Å². The number of aryl methyl sites for hydroxylation is 2. The van der Waals surface area contributed by atoms with E-state index in [-0.39, 0.29) is 0 Å². The van der Waals surface area contributed by atoms with E-state index in [1.165, 1.54) is 39.9 Å². The molecule has 1 aromatic carbocycles. The van der Waals surface area contributed by atoms with Crippen LogP contribution in [0.2, 0.25) is 0 Å². The molecule has 3 heteroatoms. The Bertz CT molecular complexity index is 576. The summed E-state index contributed by atoms with van der Waals surface area (Å²) < 4.78 is 1.26. The number of rotatable bonds is 3. The summed E-state index contributed by atoms with van der Waals surface area (Å²) in [5.74, 6) is 0. The van der Waals surface area contributed by atoms with Crippen LogP contribution in [0.5, 0.6) is 0 Å². The van der Waals surface area contributed by atoms with Gasteiger partial charge in [-0.3, -0.25) is 0 Å². The topological polar surface area (TPSA) is 12.0 Å². The molecule has 1 N–H and O–H groups in total. The molecule has 0 fully saturated rings. The van der Waals surface area contributed by atoms with E-state index in [2.05, 4.69) is 58.5 Å². The van der Waals surface area contributed by atoms with E-state index >= 15 is 0 Å². The molecule has 0 saturated carbocycles. The number of halogens is 1. The summed E-state index contributed by atoms with van der Waals surface area (Å²) in [6.45, 7) is 2.22. The minimum atomic E-state index is 0.471. The van der Waals surface area contributed by atoms with Crippen LogP contribution in [0.15, 0.2) is 34.1 Å². The summed E-state index contributed by atoms with van der Waals surface area (Å²) in [6, 6.07) is 11.4. The van der Waals surface area contributed by atoms with Crippen LogP contribution in [0.25, 0.3) is 0 Å². The van der Waals surface area contributed by atoms with Gasteiger partial charge in [-0.1, -0.05) is 25.1 Å². The molecule has 1 aliphatic carbocycles. The van der Waals surface area contributed by atoms with Crippen molar-refractivity contribution in [3.63, 3.8) is 0 Å². The molecule has 2 aromatic rings. The van der Waals surface area contributed by atoms with Crippen molar-refractivity contribution in [1.82, 2.24) is 0 Å². The highest BCUT2D eigenvalue weighted by Crippen LogP contribution is 2.39. The Hall–Kier alpha value is -0.800. The van der Waals surface area contributed by atoms with E-state index in [1.807, 2.05) is 11.3 Å². The van der Waals surface area contributed by atoms with Crippen molar-refractivity contribution in [2.24, 2.45) is 0 Å². The van der Waals surface area contributed by atoms with Gasteiger partial charge in [0.15, 0.2) is 0 Å². The van der Waals surface area contributed by atoms with Gasteiger partial charge in [-0.2, -0.15) is 0 Å². The minimum Gasteiger partial charge on any atom is -0.378 e. The quantitative estimate of drug-likeness (QED) is 0.773. The van der Waals surface area contributed by atoms with E-state index in [0.717, 1.165) is 6.42 Å². The Balaban J connectivity index is 1.88. The first kappa shape index (κ1) is 13.2. The van der Waals surface area contributed by atoms with Crippen LogP contribution in [0.4, 0.5) is 5.69 Å². The maximum atomic E-state index is 3.76. The van der Waals surface area contributed by atoms with Gasteiger partial charge in [0.05, 0.1) is 9.83 Å². The van der Waals surface area contributed by atoms with Crippen LogP contribution in [0, 0.1) is 0 Å². The fourth-order valence-electron chi connectivity index (χ4n) is 2.83. The molecule has 100 valence electrons. The van der Waals surface area contributed by atoms with Crippen molar-refractivity contribution >= 4 is 33.0 Å². The number of fused-ring (bicyclic) bond motifs is 1. The number of hydrogen-bond donors (Lipinski definition) is 1. The molecule has 0 aliphatic heterocycles. The zero-order valence-electron chi connectivity index (χ0n) is 11.1. The number of benzene rings is 1. The second-order valence-corrected chi connectivity index (χ2v) is 7.54. The fraction of sp³-hybridized carbons (Fsp3) is 0.375. The SMILES string of the molecule is CCc1ccccc1NC1CCCc2sc(Br)cc21. The first-order chi connectivity index (χ1) is 9.28. The van der Waals surface area contributed by atoms with E-state index in [1.54, 1.807) is 4.88 Å². The highest BCUT2D eigenvalue weighted by molar-refractivity contribution is 9.11. The lowest BCUT2D eigenvalue weighted by atomic mass is 9.93. The first-order valence-electron chi connectivity index (χ1n) is 6.90. The third-order valence-corrected chi connectivity index (χ3v) is 5.53. The summed E-state index contributed by atoms with van der Waals surface area (Å²) in [6.07, 6.45) is 4.83. The second kappa shape index (κ2) is 5.68. The number of hydrogen-bond acceptors (Lipinski definition) is 2. The monoisotopic (exact) mass is 335 g/mol. The van der Waals surface area contributed by atoms with Crippen molar-refractivity contribution in [2.75, 3.05) is 5.32 Å². The summed E-state index contributed by atoms with van der Waals surface area (Å²) in [4.78, 5) is 1.55. The van der Waals surface area contributed by atoms with E-state index in [9.17, 15) is 0 Å². The van der Waals surface area contributed by atoms with Gasteiger partial charge in [0.1, 0.15) is 0 Å². The third-order valence-electron chi connectivity index (χ3n) is 3.81. The van der Waals surface area contributed by atoms with Crippen LogP contribution < -0.4 is 5.32 Å². The van der Waals surface area contributed by atoms with Gasteiger partial charge in [0, 0.05) is 10.6 Å². The summed E-state index contributed by atoms with van der Waals surface area (Å²) in [7, 11) is 0. The van der Waals surface area contributed by atoms with E-state index in [4.69, 9.17) is 0 Å². The van der Waals surface area contributed by atoms with E-state index in [0.29, 0.717) is 6.04 Å². The van der Waals surface area contributed by atoms with Gasteiger partial charge in [0.2, 0.25) is 0 Å². The maximum Gasteiger partial charge on any atom is 0.0705 e. The molecular formula is C16H18BrNS. The molecule has 1 unspecified atom stereocenters. The average Bonchev–Trinajstić information content (AvgIpc) is 2.81. The van der Waals surface area contributed by atoms with Crippen LogP contribution in [0.1, 0.15) is 41.8 Å². The van der Waals surface area contributed by atoms with Gasteiger partial charge in [0.25, 0.3) is 0 Å². The van der Waals surface area contributed by atoms with Crippen molar-refractivity contribution < 1.29 is 0 Å². The molecule has 0 amide bonds. The lowest BCUT2D eigenvalue weighted by Gasteiger charge is -2.25. The molecule has 0 spiro atoms. The van der Waals surface area contributed by atoms with Crippen molar-refractivity contribution in [3.8, 4) is 0 Å². The largest absolute Gasteiger partial charge is 0.378 e. The molecular weight excluding hydrogens is 318 g/mol. The van der Waals surface area contributed by atoms with Crippen molar-refractivity contribution in [2.45, 2.75) is 38.6 Å². The van der Waals surface area contributed by atoms with Gasteiger partial charge in [-0.15, -0.1) is 11.3 Å². The Morgan fingerprint density at radius 1 is 1.37 bits per heavy atom. The Kier molecular flexibility index (Phi) is 3.94. The highest BCUT2D eigenvalue weighted by atomic mass is 79.9. The summed E-state index contributed by atoms with van der Waals surface area (Å²) in [5.41, 5.74) is 4.20. The van der Waals surface area contributed by atoms with Gasteiger partial charge < -0.3 is 5.32 Å². The third kappa shape index (κ3) is 2.72. The normalized spacial score (nSPS) is 18.1. The van der Waals surface area contributed by atoms with Crippen LogP contribution in [0.3, 0.4) is 0 Å². The lowest BCUT2D eigenvalue weighted by Crippen LogP contribution is -2.16. The molecule has 0 bridgehead atoms. The van der Waals surface area contributed by atoms with Gasteiger partial charge in [-0.05, 0) is 64.9 Å². The smallest absolute Gasteiger partial charge is 0.0705 e. The molecule has 3 rings (SSSR count). The van der Waals surface area contributed by atoms with Crippen LogP contribution in [-0.2, 0) is 12.8 Å². The standard InChI is InChI=1S/C16H18BrNS/c1-2-11-6-3-4-7-13(11)18-14-8-5-9-15-12(14)10-16(17)19-15/h3-4,6-7,10,14,18H,2,5,8-9H2,1H3. The Morgan fingerprint density at radius 3 is 3.05 bits per heavy atom. The summed E-state index contributed by atoms with van der Waals surface area (Å²) >= 11 is 5.52. The number of anilines is 1. The molecule has 19 heavy (non-hydrogen) atoms. The van der Waals surface area contributed by atoms with E-state index < -0.39 is 0 Å². The minimum absolute atomic E-state index is 0.471. The molecule has 0 saturated heterocycles. The highest BCUT2D eigenvalue weighted by Gasteiger charge is 2.22. The predicted octanol–water partition coefficient (Wildman–Crippen LogP) is 5.56. The lowest BCUT2D eigenvalue weighted by molar-refractivity contribution is 0.608. The molecule has 1 heterocycles. The van der Waals surface area contributed by atoms with Crippen molar-refractivity contribution in [1.29, 1.82) is 0 Å². The average molecular weight is 336 g/mol. The molecule has 1 atom stereocenters. The molecule has 1 aliphatic rings.